The van der Waals surface area contributed by atoms with Crippen molar-refractivity contribution in [2.45, 2.75) is 13.0 Å². The van der Waals surface area contributed by atoms with E-state index in [0.717, 1.165) is 5.56 Å². The number of aliphatic hydroxyl groups is 1. The Hall–Kier alpha value is -1.35. The van der Waals surface area contributed by atoms with Crippen molar-refractivity contribution in [1.82, 2.24) is 4.90 Å². The molecule has 3 heteroatoms. The van der Waals surface area contributed by atoms with Gasteiger partial charge in [0, 0.05) is 20.0 Å². The molecule has 0 aliphatic carbocycles. The Morgan fingerprint density at radius 3 is 2.57 bits per heavy atom. The van der Waals surface area contributed by atoms with Crippen molar-refractivity contribution in [3.8, 4) is 0 Å². The largest absolute Gasteiger partial charge is 0.396 e. The first kappa shape index (κ1) is 10.7. The molecule has 0 aliphatic heterocycles. The molecule has 0 saturated carbocycles. The van der Waals surface area contributed by atoms with Gasteiger partial charge in [-0.05, 0) is 5.56 Å². The third-order valence-corrected chi connectivity index (χ3v) is 2.01. The molecular formula is C11H15NO2. The highest BCUT2D eigenvalue weighted by molar-refractivity contribution is 5.75. The number of aliphatic hydroxyl groups excluding tert-OH is 1. The summed E-state index contributed by atoms with van der Waals surface area (Å²) in [6, 6.07) is 9.78. The molecule has 1 amide bonds. The van der Waals surface area contributed by atoms with Gasteiger partial charge in [0.05, 0.1) is 6.61 Å². The molecule has 0 saturated heterocycles. The molecule has 0 atom stereocenters. The SMILES string of the molecule is CN(Cc1ccccc1)C(=O)CCO. The molecule has 76 valence electrons. The molecule has 0 heterocycles. The fraction of sp³-hybridized carbons (Fsp3) is 0.364. The third kappa shape index (κ3) is 3.18. The zero-order valence-corrected chi connectivity index (χ0v) is 8.31. The van der Waals surface area contributed by atoms with E-state index in [1.54, 1.807) is 11.9 Å². The van der Waals surface area contributed by atoms with Crippen LogP contribution in [0.2, 0.25) is 0 Å². The molecule has 0 bridgehead atoms. The Morgan fingerprint density at radius 2 is 2.00 bits per heavy atom. The molecule has 1 N–H and O–H groups in total. The highest BCUT2D eigenvalue weighted by Crippen LogP contribution is 2.03. The van der Waals surface area contributed by atoms with Gasteiger partial charge in [0.15, 0.2) is 0 Å². The number of carbonyl (C=O) groups is 1. The average molecular weight is 193 g/mol. The zero-order chi connectivity index (χ0) is 10.4. The smallest absolute Gasteiger partial charge is 0.224 e. The van der Waals surface area contributed by atoms with Crippen LogP contribution < -0.4 is 0 Å². The Labute approximate surface area is 84.0 Å². The van der Waals surface area contributed by atoms with Gasteiger partial charge in [0.25, 0.3) is 0 Å². The van der Waals surface area contributed by atoms with E-state index in [1.165, 1.54) is 0 Å². The predicted octanol–water partition coefficient (Wildman–Crippen LogP) is 1.03. The second kappa shape index (κ2) is 5.40. The number of carbonyl (C=O) groups excluding carboxylic acids is 1. The van der Waals surface area contributed by atoms with Crippen molar-refractivity contribution in [2.75, 3.05) is 13.7 Å². The number of hydrogen-bond acceptors (Lipinski definition) is 2. The van der Waals surface area contributed by atoms with E-state index in [9.17, 15) is 4.79 Å². The maximum atomic E-state index is 11.3. The van der Waals surface area contributed by atoms with Crippen LogP contribution in [0.3, 0.4) is 0 Å². The van der Waals surface area contributed by atoms with E-state index in [0.29, 0.717) is 6.54 Å². The first-order valence-corrected chi connectivity index (χ1v) is 4.63. The third-order valence-electron chi connectivity index (χ3n) is 2.01. The summed E-state index contributed by atoms with van der Waals surface area (Å²) in [5.41, 5.74) is 1.10. The lowest BCUT2D eigenvalue weighted by molar-refractivity contribution is -0.131. The fourth-order valence-corrected chi connectivity index (χ4v) is 1.23. The van der Waals surface area contributed by atoms with Gasteiger partial charge in [0.2, 0.25) is 5.91 Å². The molecule has 1 aromatic rings. The summed E-state index contributed by atoms with van der Waals surface area (Å²) in [5.74, 6) is -0.0312. The van der Waals surface area contributed by atoms with Gasteiger partial charge in [-0.1, -0.05) is 30.3 Å². The minimum atomic E-state index is -0.0854. The molecule has 14 heavy (non-hydrogen) atoms. The standard InChI is InChI=1S/C11H15NO2/c1-12(11(14)7-8-13)9-10-5-3-2-4-6-10/h2-6,13H,7-9H2,1H3. The van der Waals surface area contributed by atoms with E-state index in [1.807, 2.05) is 30.3 Å². The summed E-state index contributed by atoms with van der Waals surface area (Å²) in [5, 5.41) is 8.60. The van der Waals surface area contributed by atoms with Gasteiger partial charge in [-0.3, -0.25) is 4.79 Å². The molecule has 1 aromatic carbocycles. The van der Waals surface area contributed by atoms with Crippen LogP contribution in [0.25, 0.3) is 0 Å². The minimum Gasteiger partial charge on any atom is -0.396 e. The number of nitrogens with zero attached hydrogens (tertiary/aromatic N) is 1. The van der Waals surface area contributed by atoms with Crippen molar-refractivity contribution in [1.29, 1.82) is 0 Å². The summed E-state index contributed by atoms with van der Waals surface area (Å²) in [7, 11) is 1.74. The summed E-state index contributed by atoms with van der Waals surface area (Å²) in [6.45, 7) is 0.512. The Bertz CT molecular complexity index is 285. The van der Waals surface area contributed by atoms with Crippen molar-refractivity contribution in [2.24, 2.45) is 0 Å². The lowest BCUT2D eigenvalue weighted by Crippen LogP contribution is -2.26. The second-order valence-corrected chi connectivity index (χ2v) is 3.21. The number of amides is 1. The summed E-state index contributed by atoms with van der Waals surface area (Å²) in [4.78, 5) is 12.9. The van der Waals surface area contributed by atoms with Gasteiger partial charge < -0.3 is 10.0 Å². The van der Waals surface area contributed by atoms with E-state index in [2.05, 4.69) is 0 Å². The van der Waals surface area contributed by atoms with Crippen molar-refractivity contribution < 1.29 is 9.90 Å². The molecule has 3 nitrogen and oxygen atoms in total. The molecule has 0 radical (unpaired) electrons. The first-order valence-electron chi connectivity index (χ1n) is 4.63. The van der Waals surface area contributed by atoms with Gasteiger partial charge in [-0.25, -0.2) is 0 Å². The predicted molar refractivity (Wildman–Crippen MR) is 54.6 cm³/mol. The van der Waals surface area contributed by atoms with Crippen LogP contribution in [0.4, 0.5) is 0 Å². The summed E-state index contributed by atoms with van der Waals surface area (Å²) in [6.07, 6.45) is 0.198. The topological polar surface area (TPSA) is 40.5 Å². The van der Waals surface area contributed by atoms with Crippen molar-refractivity contribution >= 4 is 5.91 Å². The van der Waals surface area contributed by atoms with Crippen LogP contribution in [0.15, 0.2) is 30.3 Å². The number of rotatable bonds is 4. The highest BCUT2D eigenvalue weighted by atomic mass is 16.3. The van der Waals surface area contributed by atoms with Crippen LogP contribution in [0, 0.1) is 0 Å². The maximum absolute atomic E-state index is 11.3. The van der Waals surface area contributed by atoms with Gasteiger partial charge in [-0.2, -0.15) is 0 Å². The van der Waals surface area contributed by atoms with E-state index in [4.69, 9.17) is 5.11 Å². The molecule has 0 aliphatic rings. The van der Waals surface area contributed by atoms with E-state index in [-0.39, 0.29) is 18.9 Å². The molecule has 0 unspecified atom stereocenters. The quantitative estimate of drug-likeness (QED) is 0.775. The molecular weight excluding hydrogens is 178 g/mol. The molecule has 1 rings (SSSR count). The lowest BCUT2D eigenvalue weighted by Gasteiger charge is -2.16. The average Bonchev–Trinajstić information content (AvgIpc) is 2.19. The Kier molecular flexibility index (Phi) is 4.13. The van der Waals surface area contributed by atoms with Crippen molar-refractivity contribution in [3.63, 3.8) is 0 Å². The van der Waals surface area contributed by atoms with Gasteiger partial charge in [-0.15, -0.1) is 0 Å². The normalized spacial score (nSPS) is 9.86. The van der Waals surface area contributed by atoms with Crippen LogP contribution in [-0.4, -0.2) is 29.6 Å². The van der Waals surface area contributed by atoms with Crippen LogP contribution in [0.5, 0.6) is 0 Å². The second-order valence-electron chi connectivity index (χ2n) is 3.21. The lowest BCUT2D eigenvalue weighted by atomic mass is 10.2. The maximum Gasteiger partial charge on any atom is 0.224 e. The van der Waals surface area contributed by atoms with E-state index < -0.39 is 0 Å². The van der Waals surface area contributed by atoms with Gasteiger partial charge in [0.1, 0.15) is 0 Å². The number of benzene rings is 1. The Morgan fingerprint density at radius 1 is 1.36 bits per heavy atom. The molecule has 0 aromatic heterocycles. The fourth-order valence-electron chi connectivity index (χ4n) is 1.23. The minimum absolute atomic E-state index is 0.0312. The molecule has 0 spiro atoms. The summed E-state index contributed by atoms with van der Waals surface area (Å²) >= 11 is 0. The summed E-state index contributed by atoms with van der Waals surface area (Å²) < 4.78 is 0. The highest BCUT2D eigenvalue weighted by Gasteiger charge is 2.07. The van der Waals surface area contributed by atoms with Gasteiger partial charge >= 0.3 is 0 Å². The number of hydrogen-bond donors (Lipinski definition) is 1. The zero-order valence-electron chi connectivity index (χ0n) is 8.31. The van der Waals surface area contributed by atoms with Crippen LogP contribution in [-0.2, 0) is 11.3 Å². The molecule has 0 fully saturated rings. The monoisotopic (exact) mass is 193 g/mol. The first-order chi connectivity index (χ1) is 6.74. The van der Waals surface area contributed by atoms with Crippen molar-refractivity contribution in [3.05, 3.63) is 35.9 Å². The Balaban J connectivity index is 2.49. The van der Waals surface area contributed by atoms with Crippen LogP contribution in [0.1, 0.15) is 12.0 Å². The van der Waals surface area contributed by atoms with Crippen LogP contribution >= 0.6 is 0 Å². The van der Waals surface area contributed by atoms with E-state index >= 15 is 0 Å².